The van der Waals surface area contributed by atoms with Gasteiger partial charge in [-0.25, -0.2) is 0 Å². The van der Waals surface area contributed by atoms with Gasteiger partial charge in [-0.1, -0.05) is 35.9 Å². The number of hydrogen-bond donors (Lipinski definition) is 0. The molecule has 2 fully saturated rings. The van der Waals surface area contributed by atoms with Crippen LogP contribution in [0.5, 0.6) is 0 Å². The van der Waals surface area contributed by atoms with Crippen LogP contribution in [0.15, 0.2) is 42.5 Å². The molecule has 1 spiro atoms. The third-order valence-corrected chi connectivity index (χ3v) is 7.01. The zero-order valence-electron chi connectivity index (χ0n) is 17.7. The number of carbonyl (C=O) groups excluding carboxylic acids is 2. The summed E-state index contributed by atoms with van der Waals surface area (Å²) in [5, 5.41) is 0.614. The average Bonchev–Trinajstić information content (AvgIpc) is 2.97. The first kappa shape index (κ1) is 22.8. The molecule has 1 aliphatic heterocycles. The van der Waals surface area contributed by atoms with Gasteiger partial charge in [0.15, 0.2) is 11.4 Å². The molecule has 7 heteroatoms. The number of alkyl halides is 3. The van der Waals surface area contributed by atoms with Crippen LogP contribution in [0.3, 0.4) is 0 Å². The molecule has 1 aliphatic carbocycles. The summed E-state index contributed by atoms with van der Waals surface area (Å²) in [6.07, 6.45) is -3.48. The standard InChI is InChI=1S/C25H24ClF3O3/c1-15-2-3-18(17-4-6-19(26)7-5-17)14-20(15)21-22(30)24(32-23(21)31)11-8-16(9-12-24)10-13-25(27,28)29/h2-7,14,16,21H,8-13H2,1H3. The summed E-state index contributed by atoms with van der Waals surface area (Å²) in [5.41, 5.74) is 1.99. The molecular weight excluding hydrogens is 441 g/mol. The van der Waals surface area contributed by atoms with Crippen LogP contribution in [0.2, 0.25) is 5.02 Å². The molecule has 1 atom stereocenters. The summed E-state index contributed by atoms with van der Waals surface area (Å²) in [4.78, 5) is 26.3. The van der Waals surface area contributed by atoms with E-state index in [1.807, 2.05) is 37.3 Å². The summed E-state index contributed by atoms with van der Waals surface area (Å²) in [7, 11) is 0. The number of esters is 1. The Balaban J connectivity index is 1.54. The van der Waals surface area contributed by atoms with Gasteiger partial charge in [-0.3, -0.25) is 9.59 Å². The first-order chi connectivity index (χ1) is 15.1. The minimum Gasteiger partial charge on any atom is -0.450 e. The number of Topliss-reactive ketones (excluding diaryl/α,β-unsaturated/α-hetero) is 1. The summed E-state index contributed by atoms with van der Waals surface area (Å²) in [6.45, 7) is 1.85. The van der Waals surface area contributed by atoms with Gasteiger partial charge in [0.1, 0.15) is 5.92 Å². The Morgan fingerprint density at radius 1 is 1.03 bits per heavy atom. The first-order valence-corrected chi connectivity index (χ1v) is 11.2. The second-order valence-corrected chi connectivity index (χ2v) is 9.32. The minimum atomic E-state index is -4.18. The van der Waals surface area contributed by atoms with Crippen LogP contribution >= 0.6 is 11.6 Å². The molecule has 170 valence electrons. The van der Waals surface area contributed by atoms with E-state index in [1.54, 1.807) is 12.1 Å². The van der Waals surface area contributed by atoms with Crippen molar-refractivity contribution in [2.75, 3.05) is 0 Å². The Bertz CT molecular complexity index is 1020. The van der Waals surface area contributed by atoms with E-state index in [0.717, 1.165) is 16.7 Å². The SMILES string of the molecule is Cc1ccc(-c2ccc(Cl)cc2)cc1C1C(=O)OC2(CCC(CCC(F)(F)F)CC2)C1=O. The summed E-state index contributed by atoms with van der Waals surface area (Å²) in [5.74, 6) is -1.95. The average molecular weight is 465 g/mol. The third kappa shape index (κ3) is 4.56. The Morgan fingerprint density at radius 3 is 2.28 bits per heavy atom. The lowest BCUT2D eigenvalue weighted by atomic mass is 9.73. The highest BCUT2D eigenvalue weighted by molar-refractivity contribution is 6.30. The fourth-order valence-electron chi connectivity index (χ4n) is 4.86. The maximum atomic E-state index is 13.4. The lowest BCUT2D eigenvalue weighted by Crippen LogP contribution is -2.41. The predicted molar refractivity (Wildman–Crippen MR) is 115 cm³/mol. The lowest BCUT2D eigenvalue weighted by Gasteiger charge is -2.34. The second kappa shape index (κ2) is 8.54. The van der Waals surface area contributed by atoms with Gasteiger partial charge in [0.25, 0.3) is 0 Å². The lowest BCUT2D eigenvalue weighted by molar-refractivity contribution is -0.156. The molecule has 1 saturated carbocycles. The molecule has 2 aromatic carbocycles. The fourth-order valence-corrected chi connectivity index (χ4v) is 4.99. The van der Waals surface area contributed by atoms with Crippen molar-refractivity contribution in [3.8, 4) is 11.1 Å². The molecule has 3 nitrogen and oxygen atoms in total. The first-order valence-electron chi connectivity index (χ1n) is 10.8. The van der Waals surface area contributed by atoms with E-state index in [-0.39, 0.29) is 31.0 Å². The van der Waals surface area contributed by atoms with E-state index in [2.05, 4.69) is 0 Å². The van der Waals surface area contributed by atoms with E-state index in [4.69, 9.17) is 16.3 Å². The molecule has 0 amide bonds. The van der Waals surface area contributed by atoms with E-state index in [9.17, 15) is 22.8 Å². The van der Waals surface area contributed by atoms with Crippen molar-refractivity contribution in [3.63, 3.8) is 0 Å². The molecule has 1 saturated heterocycles. The molecule has 0 N–H and O–H groups in total. The molecule has 0 bridgehead atoms. The van der Waals surface area contributed by atoms with Crippen molar-refractivity contribution < 1.29 is 27.5 Å². The van der Waals surface area contributed by atoms with Crippen LogP contribution in [0.25, 0.3) is 11.1 Å². The number of ether oxygens (including phenoxy) is 1. The number of ketones is 1. The molecule has 4 rings (SSSR count). The zero-order chi connectivity index (χ0) is 23.1. The van der Waals surface area contributed by atoms with Crippen LogP contribution in [0.4, 0.5) is 13.2 Å². The number of carbonyl (C=O) groups is 2. The van der Waals surface area contributed by atoms with Gasteiger partial charge in [-0.15, -0.1) is 0 Å². The topological polar surface area (TPSA) is 43.4 Å². The Morgan fingerprint density at radius 2 is 1.66 bits per heavy atom. The number of rotatable bonds is 4. The fraction of sp³-hybridized carbons (Fsp3) is 0.440. The van der Waals surface area contributed by atoms with Crippen LogP contribution in [0, 0.1) is 12.8 Å². The molecule has 32 heavy (non-hydrogen) atoms. The van der Waals surface area contributed by atoms with Gasteiger partial charge in [-0.05, 0) is 85.4 Å². The van der Waals surface area contributed by atoms with Crippen molar-refractivity contribution in [3.05, 3.63) is 58.6 Å². The molecule has 2 aliphatic rings. The van der Waals surface area contributed by atoms with Crippen molar-refractivity contribution in [1.82, 2.24) is 0 Å². The van der Waals surface area contributed by atoms with Gasteiger partial charge in [0.2, 0.25) is 0 Å². The van der Waals surface area contributed by atoms with E-state index >= 15 is 0 Å². The molecule has 0 aromatic heterocycles. The quantitative estimate of drug-likeness (QED) is 0.369. The van der Waals surface area contributed by atoms with E-state index < -0.39 is 30.1 Å². The summed E-state index contributed by atoms with van der Waals surface area (Å²) < 4.78 is 43.3. The molecule has 0 radical (unpaired) electrons. The Kier molecular flexibility index (Phi) is 6.10. The van der Waals surface area contributed by atoms with Crippen LogP contribution in [-0.2, 0) is 14.3 Å². The summed E-state index contributed by atoms with van der Waals surface area (Å²) in [6, 6.07) is 12.9. The van der Waals surface area contributed by atoms with Gasteiger partial charge in [0, 0.05) is 11.4 Å². The van der Waals surface area contributed by atoms with Gasteiger partial charge < -0.3 is 4.74 Å². The maximum Gasteiger partial charge on any atom is 0.389 e. The number of benzene rings is 2. The highest BCUT2D eigenvalue weighted by atomic mass is 35.5. The van der Waals surface area contributed by atoms with Crippen molar-refractivity contribution in [2.45, 2.75) is 63.1 Å². The van der Waals surface area contributed by atoms with Crippen molar-refractivity contribution in [1.29, 1.82) is 0 Å². The normalized spacial score (nSPS) is 25.9. The van der Waals surface area contributed by atoms with Gasteiger partial charge in [0.05, 0.1) is 0 Å². The highest BCUT2D eigenvalue weighted by Gasteiger charge is 2.56. The number of hydrogen-bond acceptors (Lipinski definition) is 3. The third-order valence-electron chi connectivity index (χ3n) is 6.76. The summed E-state index contributed by atoms with van der Waals surface area (Å²) >= 11 is 5.97. The second-order valence-electron chi connectivity index (χ2n) is 8.89. The monoisotopic (exact) mass is 464 g/mol. The molecule has 1 unspecified atom stereocenters. The molecule has 2 aromatic rings. The Hall–Kier alpha value is -2.34. The minimum absolute atomic E-state index is 0.0490. The number of halogens is 4. The van der Waals surface area contributed by atoms with Crippen LogP contribution < -0.4 is 0 Å². The van der Waals surface area contributed by atoms with Gasteiger partial charge in [-0.2, -0.15) is 13.2 Å². The molecular formula is C25H24ClF3O3. The van der Waals surface area contributed by atoms with Crippen molar-refractivity contribution in [2.24, 2.45) is 5.92 Å². The smallest absolute Gasteiger partial charge is 0.389 e. The zero-order valence-corrected chi connectivity index (χ0v) is 18.4. The predicted octanol–water partition coefficient (Wildman–Crippen LogP) is 6.80. The van der Waals surface area contributed by atoms with Crippen LogP contribution in [-0.4, -0.2) is 23.5 Å². The van der Waals surface area contributed by atoms with Crippen LogP contribution in [0.1, 0.15) is 55.6 Å². The van der Waals surface area contributed by atoms with E-state index in [0.29, 0.717) is 23.4 Å². The van der Waals surface area contributed by atoms with E-state index in [1.165, 1.54) is 0 Å². The van der Waals surface area contributed by atoms with Crippen molar-refractivity contribution >= 4 is 23.4 Å². The number of aryl methyl sites for hydroxylation is 1. The Labute approximate surface area is 189 Å². The largest absolute Gasteiger partial charge is 0.450 e. The van der Waals surface area contributed by atoms with Gasteiger partial charge >= 0.3 is 12.1 Å². The maximum absolute atomic E-state index is 13.4. The molecule has 1 heterocycles. The highest BCUT2D eigenvalue weighted by Crippen LogP contribution is 2.46.